The number of carbonyl (C=O) groups excluding carboxylic acids is 2. The van der Waals surface area contributed by atoms with E-state index in [1.165, 1.54) is 38.5 Å². The van der Waals surface area contributed by atoms with Crippen molar-refractivity contribution in [2.45, 2.75) is 64.3 Å². The van der Waals surface area contributed by atoms with Crippen molar-refractivity contribution in [3.63, 3.8) is 0 Å². The maximum Gasteiger partial charge on any atom is 0.242 e. The zero-order valence-electron chi connectivity index (χ0n) is 12.0. The lowest BCUT2D eigenvalue weighted by molar-refractivity contribution is -0.144. The lowest BCUT2D eigenvalue weighted by Crippen LogP contribution is -2.57. The van der Waals surface area contributed by atoms with Crippen LogP contribution in [0.25, 0.3) is 0 Å². The Hall–Kier alpha value is -1.06. The first kappa shape index (κ1) is 14.4. The summed E-state index contributed by atoms with van der Waals surface area (Å²) in [5.74, 6) is 0.745. The average Bonchev–Trinajstić information content (AvgIpc) is 2.67. The summed E-state index contributed by atoms with van der Waals surface area (Å²) in [5.41, 5.74) is 0. The highest BCUT2D eigenvalue weighted by atomic mass is 16.2. The topological polar surface area (TPSA) is 49.4 Å². The van der Waals surface area contributed by atoms with E-state index in [0.29, 0.717) is 31.8 Å². The van der Waals surface area contributed by atoms with Crippen LogP contribution in [-0.2, 0) is 9.59 Å². The minimum absolute atomic E-state index is 0.0166. The van der Waals surface area contributed by atoms with Gasteiger partial charge in [-0.05, 0) is 25.2 Å². The first-order valence-corrected chi connectivity index (χ1v) is 7.79. The summed E-state index contributed by atoms with van der Waals surface area (Å²) in [7, 11) is 0. The van der Waals surface area contributed by atoms with E-state index in [-0.39, 0.29) is 17.9 Å². The molecule has 2 aliphatic rings. The van der Waals surface area contributed by atoms with Crippen LogP contribution < -0.4 is 5.32 Å². The number of nitrogens with one attached hydrogen (secondary N) is 1. The molecule has 0 aromatic rings. The van der Waals surface area contributed by atoms with Gasteiger partial charge in [0.05, 0.1) is 0 Å². The number of hydrogen-bond acceptors (Lipinski definition) is 2. The first-order chi connectivity index (χ1) is 9.22. The van der Waals surface area contributed by atoms with Gasteiger partial charge in [-0.25, -0.2) is 0 Å². The molecular formula is C15H26N2O2. The molecule has 108 valence electrons. The molecule has 0 bridgehead atoms. The average molecular weight is 266 g/mol. The third kappa shape index (κ3) is 3.71. The number of hydrogen-bond donors (Lipinski definition) is 1. The molecule has 1 aliphatic carbocycles. The zero-order chi connectivity index (χ0) is 13.7. The van der Waals surface area contributed by atoms with E-state index in [0.717, 1.165) is 0 Å². The van der Waals surface area contributed by atoms with Crippen molar-refractivity contribution in [2.24, 2.45) is 5.92 Å². The Bertz CT molecular complexity index is 322. The van der Waals surface area contributed by atoms with Gasteiger partial charge in [0.15, 0.2) is 0 Å². The Labute approximate surface area is 115 Å². The van der Waals surface area contributed by atoms with E-state index in [1.807, 2.05) is 11.8 Å². The Morgan fingerprint density at radius 2 is 1.95 bits per heavy atom. The fourth-order valence-corrected chi connectivity index (χ4v) is 3.35. The molecule has 2 rings (SSSR count). The molecule has 2 amide bonds. The van der Waals surface area contributed by atoms with E-state index in [9.17, 15) is 9.59 Å². The quantitative estimate of drug-likeness (QED) is 0.795. The van der Waals surface area contributed by atoms with Gasteiger partial charge in [0.25, 0.3) is 0 Å². The van der Waals surface area contributed by atoms with Crippen LogP contribution in [-0.4, -0.2) is 35.8 Å². The lowest BCUT2D eigenvalue weighted by atomic mass is 9.95. The van der Waals surface area contributed by atoms with Gasteiger partial charge in [0.2, 0.25) is 11.8 Å². The minimum Gasteiger partial charge on any atom is -0.353 e. The van der Waals surface area contributed by atoms with Crippen LogP contribution in [0.5, 0.6) is 0 Å². The van der Waals surface area contributed by atoms with Gasteiger partial charge < -0.3 is 10.2 Å². The van der Waals surface area contributed by atoms with E-state index >= 15 is 0 Å². The maximum absolute atomic E-state index is 12.4. The third-order valence-corrected chi connectivity index (χ3v) is 4.48. The molecule has 1 unspecified atom stereocenters. The summed E-state index contributed by atoms with van der Waals surface area (Å²) in [5, 5.41) is 2.85. The Morgan fingerprint density at radius 1 is 1.26 bits per heavy atom. The molecule has 1 saturated heterocycles. The number of nitrogens with zero attached hydrogens (tertiary/aromatic N) is 1. The highest BCUT2D eigenvalue weighted by Crippen LogP contribution is 2.26. The molecule has 0 radical (unpaired) electrons. The molecule has 4 nitrogen and oxygen atoms in total. The molecule has 0 aromatic heterocycles. The summed E-state index contributed by atoms with van der Waals surface area (Å²) < 4.78 is 0. The maximum atomic E-state index is 12.4. The number of rotatable bonds is 3. The summed E-state index contributed by atoms with van der Waals surface area (Å²) in [6, 6.07) is -0.243. The van der Waals surface area contributed by atoms with Crippen LogP contribution in [0.2, 0.25) is 0 Å². The third-order valence-electron chi connectivity index (χ3n) is 4.48. The second kappa shape index (κ2) is 6.92. The van der Waals surface area contributed by atoms with Crippen molar-refractivity contribution in [2.75, 3.05) is 13.1 Å². The first-order valence-electron chi connectivity index (χ1n) is 7.79. The predicted molar refractivity (Wildman–Crippen MR) is 74.6 cm³/mol. The number of piperazine rings is 1. The van der Waals surface area contributed by atoms with Gasteiger partial charge in [-0.1, -0.05) is 32.6 Å². The smallest absolute Gasteiger partial charge is 0.242 e. The van der Waals surface area contributed by atoms with Gasteiger partial charge in [-0.15, -0.1) is 0 Å². The van der Waals surface area contributed by atoms with Gasteiger partial charge in [-0.3, -0.25) is 9.59 Å². The van der Waals surface area contributed by atoms with Crippen molar-refractivity contribution in [1.82, 2.24) is 10.2 Å². The molecule has 0 aromatic carbocycles. The van der Waals surface area contributed by atoms with Gasteiger partial charge in [-0.2, -0.15) is 0 Å². The number of amides is 2. The summed E-state index contributed by atoms with van der Waals surface area (Å²) in [6.45, 7) is 3.25. The normalized spacial score (nSPS) is 25.8. The van der Waals surface area contributed by atoms with Crippen molar-refractivity contribution < 1.29 is 9.59 Å². The lowest BCUT2D eigenvalue weighted by Gasteiger charge is -2.35. The second-order valence-electron chi connectivity index (χ2n) is 5.86. The largest absolute Gasteiger partial charge is 0.353 e. The van der Waals surface area contributed by atoms with E-state index in [2.05, 4.69) is 5.32 Å². The summed E-state index contributed by atoms with van der Waals surface area (Å²) >= 11 is 0. The van der Waals surface area contributed by atoms with Crippen LogP contribution in [0, 0.1) is 5.92 Å². The van der Waals surface area contributed by atoms with Crippen molar-refractivity contribution in [3.05, 3.63) is 0 Å². The molecule has 0 spiro atoms. The Balaban J connectivity index is 1.91. The van der Waals surface area contributed by atoms with E-state index in [4.69, 9.17) is 0 Å². The van der Waals surface area contributed by atoms with Crippen molar-refractivity contribution >= 4 is 11.8 Å². The molecule has 1 atom stereocenters. The van der Waals surface area contributed by atoms with Gasteiger partial charge in [0.1, 0.15) is 6.04 Å². The molecule has 1 aliphatic heterocycles. The second-order valence-corrected chi connectivity index (χ2v) is 5.86. The highest BCUT2D eigenvalue weighted by Gasteiger charge is 2.32. The van der Waals surface area contributed by atoms with Crippen LogP contribution in [0.4, 0.5) is 0 Å². The zero-order valence-corrected chi connectivity index (χ0v) is 12.0. The fraction of sp³-hybridized carbons (Fsp3) is 0.867. The Morgan fingerprint density at radius 3 is 2.58 bits per heavy atom. The minimum atomic E-state index is -0.243. The van der Waals surface area contributed by atoms with Crippen LogP contribution in [0.1, 0.15) is 58.3 Å². The Kier molecular flexibility index (Phi) is 5.23. The number of carbonyl (C=O) groups is 2. The molecule has 2 fully saturated rings. The SMILES string of the molecule is CCC1C(=O)NCCN1C(=O)CC1CCCCCC1. The van der Waals surface area contributed by atoms with Crippen molar-refractivity contribution in [3.8, 4) is 0 Å². The van der Waals surface area contributed by atoms with Crippen LogP contribution in [0.15, 0.2) is 0 Å². The molecular weight excluding hydrogens is 240 g/mol. The summed E-state index contributed by atoms with van der Waals surface area (Å²) in [4.78, 5) is 26.0. The van der Waals surface area contributed by atoms with Gasteiger partial charge in [0, 0.05) is 19.5 Å². The molecule has 4 heteroatoms. The van der Waals surface area contributed by atoms with Crippen LogP contribution in [0.3, 0.4) is 0 Å². The standard InChI is InChI=1S/C15H26N2O2/c1-2-13-15(19)16-9-10-17(13)14(18)11-12-7-5-3-4-6-8-12/h12-13H,2-11H2,1H3,(H,16,19). The fourth-order valence-electron chi connectivity index (χ4n) is 3.35. The highest BCUT2D eigenvalue weighted by molar-refractivity contribution is 5.88. The monoisotopic (exact) mass is 266 g/mol. The van der Waals surface area contributed by atoms with E-state index < -0.39 is 0 Å². The molecule has 1 saturated carbocycles. The van der Waals surface area contributed by atoms with Crippen molar-refractivity contribution in [1.29, 1.82) is 0 Å². The van der Waals surface area contributed by atoms with Crippen LogP contribution >= 0.6 is 0 Å². The predicted octanol–water partition coefficient (Wildman–Crippen LogP) is 2.08. The summed E-state index contributed by atoms with van der Waals surface area (Å²) in [6.07, 6.45) is 8.87. The molecule has 19 heavy (non-hydrogen) atoms. The van der Waals surface area contributed by atoms with E-state index in [1.54, 1.807) is 0 Å². The van der Waals surface area contributed by atoms with Gasteiger partial charge >= 0.3 is 0 Å². The molecule has 1 N–H and O–H groups in total. The molecule has 1 heterocycles.